The SMILES string of the molecule is O=C(CC1CCCN1)N1CCN(C(=O)c2ccsc2)CC1. The first-order chi connectivity index (χ1) is 10.2. The van der Waals surface area contributed by atoms with Crippen molar-refractivity contribution in [2.45, 2.75) is 25.3 Å². The van der Waals surface area contributed by atoms with Gasteiger partial charge < -0.3 is 15.1 Å². The van der Waals surface area contributed by atoms with Gasteiger partial charge in [0.25, 0.3) is 5.91 Å². The summed E-state index contributed by atoms with van der Waals surface area (Å²) in [6, 6.07) is 2.21. The van der Waals surface area contributed by atoms with Crippen LogP contribution >= 0.6 is 11.3 Å². The van der Waals surface area contributed by atoms with Crippen molar-refractivity contribution in [2.24, 2.45) is 0 Å². The number of nitrogens with zero attached hydrogens (tertiary/aromatic N) is 2. The predicted molar refractivity (Wildman–Crippen MR) is 82.4 cm³/mol. The van der Waals surface area contributed by atoms with Gasteiger partial charge >= 0.3 is 0 Å². The quantitative estimate of drug-likeness (QED) is 0.912. The second kappa shape index (κ2) is 6.58. The van der Waals surface area contributed by atoms with Crippen LogP contribution in [0.5, 0.6) is 0 Å². The Morgan fingerprint density at radius 1 is 1.24 bits per heavy atom. The lowest BCUT2D eigenvalue weighted by Gasteiger charge is -2.35. The molecule has 2 saturated heterocycles. The minimum Gasteiger partial charge on any atom is -0.339 e. The zero-order chi connectivity index (χ0) is 14.7. The molecule has 114 valence electrons. The van der Waals surface area contributed by atoms with E-state index >= 15 is 0 Å². The Morgan fingerprint density at radius 2 is 2.00 bits per heavy atom. The lowest BCUT2D eigenvalue weighted by Crippen LogP contribution is -2.51. The van der Waals surface area contributed by atoms with E-state index in [1.54, 1.807) is 0 Å². The van der Waals surface area contributed by atoms with E-state index in [1.165, 1.54) is 17.8 Å². The van der Waals surface area contributed by atoms with Crippen LogP contribution in [0.4, 0.5) is 0 Å². The second-order valence-electron chi connectivity index (χ2n) is 5.68. The van der Waals surface area contributed by atoms with E-state index in [2.05, 4.69) is 5.32 Å². The number of hydrogen-bond donors (Lipinski definition) is 1. The van der Waals surface area contributed by atoms with Gasteiger partial charge in [0.15, 0.2) is 0 Å². The number of piperazine rings is 1. The summed E-state index contributed by atoms with van der Waals surface area (Å²) in [5.74, 6) is 0.304. The van der Waals surface area contributed by atoms with Crippen molar-refractivity contribution in [1.29, 1.82) is 0 Å². The Labute approximate surface area is 128 Å². The van der Waals surface area contributed by atoms with Crippen LogP contribution in [-0.4, -0.2) is 60.4 Å². The number of amides is 2. The molecule has 5 nitrogen and oxygen atoms in total. The van der Waals surface area contributed by atoms with Crippen LogP contribution in [0, 0.1) is 0 Å². The van der Waals surface area contributed by atoms with Crippen LogP contribution in [0.25, 0.3) is 0 Å². The molecule has 2 aliphatic heterocycles. The van der Waals surface area contributed by atoms with Crippen LogP contribution in [0.3, 0.4) is 0 Å². The molecule has 0 aromatic carbocycles. The highest BCUT2D eigenvalue weighted by Gasteiger charge is 2.27. The predicted octanol–water partition coefficient (Wildman–Crippen LogP) is 1.17. The summed E-state index contributed by atoms with van der Waals surface area (Å²) in [4.78, 5) is 28.2. The lowest BCUT2D eigenvalue weighted by molar-refractivity contribution is -0.133. The maximum atomic E-state index is 12.2. The fourth-order valence-electron chi connectivity index (χ4n) is 3.00. The molecule has 1 N–H and O–H groups in total. The van der Waals surface area contributed by atoms with Crippen molar-refractivity contribution < 1.29 is 9.59 Å². The average Bonchev–Trinajstić information content (AvgIpc) is 3.20. The maximum absolute atomic E-state index is 12.2. The largest absolute Gasteiger partial charge is 0.339 e. The zero-order valence-corrected chi connectivity index (χ0v) is 12.9. The van der Waals surface area contributed by atoms with Crippen molar-refractivity contribution in [3.8, 4) is 0 Å². The van der Waals surface area contributed by atoms with E-state index in [1.807, 2.05) is 26.6 Å². The normalized spacial score (nSPS) is 22.6. The van der Waals surface area contributed by atoms with Crippen molar-refractivity contribution in [2.75, 3.05) is 32.7 Å². The molecular weight excluding hydrogens is 286 g/mol. The molecule has 2 fully saturated rings. The molecule has 0 saturated carbocycles. The standard InChI is InChI=1S/C15H21N3O2S/c19-14(10-13-2-1-4-16-13)17-5-7-18(8-6-17)15(20)12-3-9-21-11-12/h3,9,11,13,16H,1-2,4-8,10H2. The maximum Gasteiger partial charge on any atom is 0.254 e. The summed E-state index contributed by atoms with van der Waals surface area (Å²) in [5, 5.41) is 7.16. The highest BCUT2D eigenvalue weighted by atomic mass is 32.1. The highest BCUT2D eigenvalue weighted by Crippen LogP contribution is 2.14. The van der Waals surface area contributed by atoms with Gasteiger partial charge in [-0.1, -0.05) is 0 Å². The van der Waals surface area contributed by atoms with Gasteiger partial charge in [0.1, 0.15) is 0 Å². The molecule has 6 heteroatoms. The Bertz CT molecular complexity index is 489. The van der Waals surface area contributed by atoms with Gasteiger partial charge in [0.2, 0.25) is 5.91 Å². The molecule has 1 aromatic heterocycles. The number of rotatable bonds is 3. The minimum atomic E-state index is 0.0841. The Morgan fingerprint density at radius 3 is 2.62 bits per heavy atom. The first-order valence-electron chi connectivity index (χ1n) is 7.56. The Kier molecular flexibility index (Phi) is 4.55. The highest BCUT2D eigenvalue weighted by molar-refractivity contribution is 7.08. The van der Waals surface area contributed by atoms with Crippen molar-refractivity contribution in [3.05, 3.63) is 22.4 Å². The van der Waals surface area contributed by atoms with Crippen LogP contribution in [0.15, 0.2) is 16.8 Å². The molecule has 0 spiro atoms. The van der Waals surface area contributed by atoms with Crippen molar-refractivity contribution in [1.82, 2.24) is 15.1 Å². The molecule has 3 rings (SSSR count). The zero-order valence-electron chi connectivity index (χ0n) is 12.1. The van der Waals surface area contributed by atoms with Crippen LogP contribution in [-0.2, 0) is 4.79 Å². The Hall–Kier alpha value is -1.40. The molecule has 2 amide bonds. The fourth-order valence-corrected chi connectivity index (χ4v) is 3.63. The Balaban J connectivity index is 1.48. The third-order valence-corrected chi connectivity index (χ3v) is 4.95. The van der Waals surface area contributed by atoms with Gasteiger partial charge in [-0.05, 0) is 30.8 Å². The van der Waals surface area contributed by atoms with Crippen LogP contribution in [0.1, 0.15) is 29.6 Å². The van der Waals surface area contributed by atoms with Crippen LogP contribution < -0.4 is 5.32 Å². The first-order valence-corrected chi connectivity index (χ1v) is 8.51. The number of nitrogens with one attached hydrogen (secondary N) is 1. The van der Waals surface area contributed by atoms with E-state index in [0.29, 0.717) is 38.6 Å². The first kappa shape index (κ1) is 14.5. The van der Waals surface area contributed by atoms with E-state index in [4.69, 9.17) is 0 Å². The van der Waals surface area contributed by atoms with Gasteiger partial charge in [-0.3, -0.25) is 9.59 Å². The molecule has 1 unspecified atom stereocenters. The number of carbonyl (C=O) groups is 2. The second-order valence-corrected chi connectivity index (χ2v) is 6.46. The number of carbonyl (C=O) groups excluding carboxylic acids is 2. The summed E-state index contributed by atoms with van der Waals surface area (Å²) < 4.78 is 0. The molecule has 2 aliphatic rings. The van der Waals surface area contributed by atoms with E-state index in [-0.39, 0.29) is 11.8 Å². The average molecular weight is 307 g/mol. The van der Waals surface area contributed by atoms with Gasteiger partial charge in [-0.25, -0.2) is 0 Å². The summed E-state index contributed by atoms with van der Waals surface area (Å²) >= 11 is 1.54. The molecule has 1 atom stereocenters. The lowest BCUT2D eigenvalue weighted by atomic mass is 10.1. The minimum absolute atomic E-state index is 0.0841. The topological polar surface area (TPSA) is 52.7 Å². The monoisotopic (exact) mass is 307 g/mol. The molecular formula is C15H21N3O2S. The molecule has 3 heterocycles. The van der Waals surface area contributed by atoms with E-state index in [9.17, 15) is 9.59 Å². The third kappa shape index (κ3) is 3.44. The molecule has 0 aliphatic carbocycles. The van der Waals surface area contributed by atoms with Crippen LogP contribution in [0.2, 0.25) is 0 Å². The summed E-state index contributed by atoms with van der Waals surface area (Å²) in [6.45, 7) is 3.61. The third-order valence-electron chi connectivity index (χ3n) is 4.27. The van der Waals surface area contributed by atoms with E-state index in [0.717, 1.165) is 18.5 Å². The van der Waals surface area contributed by atoms with Gasteiger partial charge in [0, 0.05) is 44.0 Å². The smallest absolute Gasteiger partial charge is 0.254 e. The molecule has 1 aromatic rings. The summed E-state index contributed by atoms with van der Waals surface area (Å²) in [7, 11) is 0. The number of thiophene rings is 1. The van der Waals surface area contributed by atoms with Crippen molar-refractivity contribution in [3.63, 3.8) is 0 Å². The number of hydrogen-bond acceptors (Lipinski definition) is 4. The van der Waals surface area contributed by atoms with E-state index < -0.39 is 0 Å². The van der Waals surface area contributed by atoms with Gasteiger partial charge in [0.05, 0.1) is 5.56 Å². The van der Waals surface area contributed by atoms with Gasteiger partial charge in [-0.2, -0.15) is 11.3 Å². The molecule has 21 heavy (non-hydrogen) atoms. The van der Waals surface area contributed by atoms with Gasteiger partial charge in [-0.15, -0.1) is 0 Å². The molecule has 0 bridgehead atoms. The molecule has 0 radical (unpaired) electrons. The fraction of sp³-hybridized carbons (Fsp3) is 0.600. The van der Waals surface area contributed by atoms with Crippen molar-refractivity contribution >= 4 is 23.2 Å². The summed E-state index contributed by atoms with van der Waals surface area (Å²) in [5.41, 5.74) is 0.759. The summed E-state index contributed by atoms with van der Waals surface area (Å²) in [6.07, 6.45) is 2.86.